The van der Waals surface area contributed by atoms with E-state index >= 15 is 0 Å². The molecule has 6 heteroatoms. The van der Waals surface area contributed by atoms with Gasteiger partial charge in [0.25, 0.3) is 0 Å². The van der Waals surface area contributed by atoms with Gasteiger partial charge in [0, 0.05) is 25.2 Å². The number of benzene rings is 1. The van der Waals surface area contributed by atoms with Crippen molar-refractivity contribution in [2.24, 2.45) is 0 Å². The first-order valence-corrected chi connectivity index (χ1v) is 6.24. The minimum Gasteiger partial charge on any atom is -0.487 e. The summed E-state index contributed by atoms with van der Waals surface area (Å²) >= 11 is 0. The number of hydrogen-bond acceptors (Lipinski definition) is 5. The van der Waals surface area contributed by atoms with Crippen LogP contribution >= 0.6 is 0 Å². The van der Waals surface area contributed by atoms with Crippen LogP contribution < -0.4 is 4.74 Å². The Morgan fingerprint density at radius 1 is 1.40 bits per heavy atom. The summed E-state index contributed by atoms with van der Waals surface area (Å²) in [4.78, 5) is 21.7. The van der Waals surface area contributed by atoms with Crippen molar-refractivity contribution in [2.75, 3.05) is 13.7 Å². The molecule has 0 spiro atoms. The molecule has 0 saturated carbocycles. The van der Waals surface area contributed by atoms with Crippen LogP contribution in [-0.4, -0.2) is 30.0 Å². The molecule has 1 rings (SSSR count). The normalized spacial score (nSPS) is 11.2. The van der Waals surface area contributed by atoms with Gasteiger partial charge in [0.2, 0.25) is 0 Å². The first kappa shape index (κ1) is 16.1. The summed E-state index contributed by atoms with van der Waals surface area (Å²) in [6.07, 6.45) is 0.592. The molecule has 0 radical (unpaired) electrons. The lowest BCUT2D eigenvalue weighted by atomic mass is 10.1. The molecular formula is C14H19NO5. The van der Waals surface area contributed by atoms with Gasteiger partial charge in [-0.15, -0.1) is 0 Å². The highest BCUT2D eigenvalue weighted by atomic mass is 16.6. The molecule has 20 heavy (non-hydrogen) atoms. The van der Waals surface area contributed by atoms with Gasteiger partial charge in [-0.2, -0.15) is 0 Å². The molecule has 0 aliphatic carbocycles. The maximum Gasteiger partial charge on any atom is 0.311 e. The fourth-order valence-electron chi connectivity index (χ4n) is 1.51. The van der Waals surface area contributed by atoms with Crippen LogP contribution in [0.15, 0.2) is 18.2 Å². The van der Waals surface area contributed by atoms with Crippen molar-refractivity contribution in [3.63, 3.8) is 0 Å². The van der Waals surface area contributed by atoms with Gasteiger partial charge < -0.3 is 9.47 Å². The number of hydrogen-bond donors (Lipinski definition) is 0. The lowest BCUT2D eigenvalue weighted by Crippen LogP contribution is -2.25. The first-order chi connectivity index (χ1) is 9.26. The molecule has 1 aromatic carbocycles. The van der Waals surface area contributed by atoms with Crippen LogP contribution in [-0.2, 0) is 4.74 Å². The number of ether oxygens (including phenoxy) is 2. The summed E-state index contributed by atoms with van der Waals surface area (Å²) in [6.45, 7) is 5.47. The number of carbonyl (C=O) groups is 1. The zero-order valence-electron chi connectivity index (χ0n) is 12.1. The summed E-state index contributed by atoms with van der Waals surface area (Å²) < 4.78 is 10.7. The summed E-state index contributed by atoms with van der Waals surface area (Å²) in [7, 11) is 1.60. The van der Waals surface area contributed by atoms with Crippen LogP contribution in [0.4, 0.5) is 5.69 Å². The van der Waals surface area contributed by atoms with Crippen molar-refractivity contribution in [2.45, 2.75) is 32.8 Å². The second-order valence-corrected chi connectivity index (χ2v) is 5.06. The van der Waals surface area contributed by atoms with Crippen LogP contribution in [0.2, 0.25) is 0 Å². The largest absolute Gasteiger partial charge is 0.487 e. The van der Waals surface area contributed by atoms with Crippen molar-refractivity contribution >= 4 is 11.5 Å². The van der Waals surface area contributed by atoms with Gasteiger partial charge in [-0.05, 0) is 32.9 Å². The lowest BCUT2D eigenvalue weighted by Gasteiger charge is -2.22. The summed E-state index contributed by atoms with van der Waals surface area (Å²) in [5, 5.41) is 11.0. The Kier molecular flexibility index (Phi) is 5.21. The molecule has 0 N–H and O–H groups in total. The predicted octanol–water partition coefficient (Wildman–Crippen LogP) is 2.99. The van der Waals surface area contributed by atoms with Crippen molar-refractivity contribution < 1.29 is 19.2 Å². The number of nitro benzene ring substituents is 1. The summed E-state index contributed by atoms with van der Waals surface area (Å²) in [5.74, 6) is -0.0629. The van der Waals surface area contributed by atoms with E-state index in [1.807, 2.05) is 13.8 Å². The smallest absolute Gasteiger partial charge is 0.311 e. The summed E-state index contributed by atoms with van der Waals surface area (Å²) in [6, 6.07) is 4.21. The highest BCUT2D eigenvalue weighted by Crippen LogP contribution is 2.28. The minimum absolute atomic E-state index is 0.159. The molecule has 110 valence electrons. The number of Topliss-reactive ketones (excluding diaryl/α,β-unsaturated/α-hetero) is 1. The van der Waals surface area contributed by atoms with Crippen LogP contribution in [0.5, 0.6) is 5.75 Å². The maximum atomic E-state index is 11.2. The third kappa shape index (κ3) is 4.31. The molecule has 0 unspecified atom stereocenters. The highest BCUT2D eigenvalue weighted by molar-refractivity contribution is 5.95. The van der Waals surface area contributed by atoms with E-state index < -0.39 is 4.92 Å². The van der Waals surface area contributed by atoms with E-state index in [1.165, 1.54) is 25.1 Å². The Morgan fingerprint density at radius 2 is 2.05 bits per heavy atom. The van der Waals surface area contributed by atoms with E-state index in [9.17, 15) is 14.9 Å². The Balaban J connectivity index is 2.85. The Bertz CT molecular complexity index is 510. The van der Waals surface area contributed by atoms with Crippen LogP contribution in [0.1, 0.15) is 37.6 Å². The molecule has 6 nitrogen and oxygen atoms in total. The van der Waals surface area contributed by atoms with E-state index in [0.29, 0.717) is 18.6 Å². The Morgan fingerprint density at radius 3 is 2.55 bits per heavy atom. The van der Waals surface area contributed by atoms with E-state index in [-0.39, 0.29) is 22.8 Å². The van der Waals surface area contributed by atoms with Crippen molar-refractivity contribution in [1.82, 2.24) is 0 Å². The average molecular weight is 281 g/mol. The molecule has 0 heterocycles. The maximum absolute atomic E-state index is 11.2. The minimum atomic E-state index is -0.552. The summed E-state index contributed by atoms with van der Waals surface area (Å²) in [5.41, 5.74) is -0.261. The Hall–Kier alpha value is -1.95. The molecule has 0 aliphatic heterocycles. The van der Waals surface area contributed by atoms with Gasteiger partial charge in [0.05, 0.1) is 17.1 Å². The fraction of sp³-hybridized carbons (Fsp3) is 0.500. The van der Waals surface area contributed by atoms with Gasteiger partial charge in [-0.25, -0.2) is 0 Å². The zero-order chi connectivity index (χ0) is 15.3. The van der Waals surface area contributed by atoms with Crippen molar-refractivity contribution in [1.29, 1.82) is 0 Å². The zero-order valence-corrected chi connectivity index (χ0v) is 12.1. The second-order valence-electron chi connectivity index (χ2n) is 5.06. The van der Waals surface area contributed by atoms with E-state index in [1.54, 1.807) is 7.11 Å². The highest BCUT2D eigenvalue weighted by Gasteiger charge is 2.20. The number of nitro groups is 1. The number of methoxy groups -OCH3 is 1. The van der Waals surface area contributed by atoms with Gasteiger partial charge in [0.15, 0.2) is 11.5 Å². The van der Waals surface area contributed by atoms with Crippen LogP contribution in [0, 0.1) is 10.1 Å². The number of carbonyl (C=O) groups excluding carboxylic acids is 1. The fourth-order valence-corrected chi connectivity index (χ4v) is 1.51. The SMILES string of the molecule is COC(C)(C)CCOc1ccc(C(C)=O)cc1[N+](=O)[O-]. The molecule has 0 atom stereocenters. The molecule has 0 bridgehead atoms. The quantitative estimate of drug-likeness (QED) is 0.436. The van der Waals surface area contributed by atoms with Gasteiger partial charge in [-0.3, -0.25) is 14.9 Å². The van der Waals surface area contributed by atoms with Crippen molar-refractivity contribution in [3.05, 3.63) is 33.9 Å². The molecule has 0 aliphatic rings. The molecule has 0 aromatic heterocycles. The Labute approximate surface area is 117 Å². The van der Waals surface area contributed by atoms with E-state index in [2.05, 4.69) is 0 Å². The number of nitrogens with zero attached hydrogens (tertiary/aromatic N) is 1. The third-order valence-corrected chi connectivity index (χ3v) is 3.08. The van der Waals surface area contributed by atoms with Gasteiger partial charge >= 0.3 is 5.69 Å². The molecule has 0 saturated heterocycles. The molecule has 0 amide bonds. The average Bonchev–Trinajstić information content (AvgIpc) is 2.38. The van der Waals surface area contributed by atoms with Crippen molar-refractivity contribution in [3.8, 4) is 5.75 Å². The number of ketones is 1. The van der Waals surface area contributed by atoms with Crippen LogP contribution in [0.3, 0.4) is 0 Å². The lowest BCUT2D eigenvalue weighted by molar-refractivity contribution is -0.385. The van der Waals surface area contributed by atoms with E-state index in [4.69, 9.17) is 9.47 Å². The topological polar surface area (TPSA) is 78.7 Å². The third-order valence-electron chi connectivity index (χ3n) is 3.08. The first-order valence-electron chi connectivity index (χ1n) is 6.24. The molecule has 0 fully saturated rings. The van der Waals surface area contributed by atoms with Crippen LogP contribution in [0.25, 0.3) is 0 Å². The monoisotopic (exact) mass is 281 g/mol. The van der Waals surface area contributed by atoms with Gasteiger partial charge in [-0.1, -0.05) is 0 Å². The van der Waals surface area contributed by atoms with Gasteiger partial charge in [0.1, 0.15) is 0 Å². The number of rotatable bonds is 7. The predicted molar refractivity (Wildman–Crippen MR) is 74.3 cm³/mol. The van der Waals surface area contributed by atoms with E-state index in [0.717, 1.165) is 0 Å². The molecular weight excluding hydrogens is 262 g/mol. The second kappa shape index (κ2) is 6.47. The molecule has 1 aromatic rings. The standard InChI is InChI=1S/C14H19NO5/c1-10(16)11-5-6-13(12(9-11)15(17)18)20-8-7-14(2,3)19-4/h5-6,9H,7-8H2,1-4H3.